The Morgan fingerprint density at radius 3 is 2.72 bits per heavy atom. The molecule has 1 N–H and O–H groups in total. The van der Waals surface area contributed by atoms with Gasteiger partial charge >= 0.3 is 5.97 Å². The third-order valence-corrected chi connectivity index (χ3v) is 7.10. The number of pyridine rings is 1. The fourth-order valence-electron chi connectivity index (χ4n) is 3.44. The highest BCUT2D eigenvalue weighted by molar-refractivity contribution is 7.16. The van der Waals surface area contributed by atoms with E-state index < -0.39 is 11.7 Å². The molecule has 0 radical (unpaired) electrons. The average molecular weight is 495 g/mol. The number of carbonyl (C=O) groups is 2. The van der Waals surface area contributed by atoms with Gasteiger partial charge in [-0.05, 0) is 31.9 Å². The Labute approximate surface area is 197 Å². The Hall–Kier alpha value is -2.56. The maximum Gasteiger partial charge on any atom is 0.309 e. The number of hydrogen-bond acceptors (Lipinski definition) is 8. The molecule has 1 aliphatic rings. The van der Waals surface area contributed by atoms with Crippen LogP contribution in [0.2, 0.25) is 5.02 Å². The largest absolute Gasteiger partial charge is 0.466 e. The minimum Gasteiger partial charge on any atom is -0.466 e. The van der Waals surface area contributed by atoms with Crippen molar-refractivity contribution in [3.63, 3.8) is 0 Å². The number of hydrogen-bond donors (Lipinski definition) is 1. The Kier molecular flexibility index (Phi) is 7.02. The number of amides is 1. The first-order chi connectivity index (χ1) is 15.4. The highest BCUT2D eigenvalue weighted by Crippen LogP contribution is 2.32. The number of halogens is 2. The molecule has 4 rings (SSSR count). The molecule has 1 fully saturated rings. The zero-order chi connectivity index (χ0) is 22.7. The molecular weight excluding hydrogens is 475 g/mol. The minimum absolute atomic E-state index is 0.101. The summed E-state index contributed by atoms with van der Waals surface area (Å²) >= 11 is 8.68. The molecule has 1 saturated heterocycles. The average Bonchev–Trinajstić information content (AvgIpc) is 3.43. The summed E-state index contributed by atoms with van der Waals surface area (Å²) in [7, 11) is 0. The van der Waals surface area contributed by atoms with E-state index in [0.29, 0.717) is 48.4 Å². The fourth-order valence-corrected chi connectivity index (χ4v) is 5.25. The smallest absolute Gasteiger partial charge is 0.309 e. The molecule has 168 valence electrons. The van der Waals surface area contributed by atoms with E-state index in [1.54, 1.807) is 17.9 Å². The van der Waals surface area contributed by atoms with Crippen molar-refractivity contribution in [2.24, 2.45) is 5.92 Å². The molecule has 0 atom stereocenters. The van der Waals surface area contributed by atoms with Crippen molar-refractivity contribution in [3.8, 4) is 10.6 Å². The van der Waals surface area contributed by atoms with Crippen molar-refractivity contribution < 1.29 is 18.7 Å². The van der Waals surface area contributed by atoms with Crippen LogP contribution >= 0.6 is 34.3 Å². The summed E-state index contributed by atoms with van der Waals surface area (Å²) in [5.41, 5.74) is 0.816. The molecular formula is C21H20ClFN4O3S2. The Balaban J connectivity index is 1.38. The minimum atomic E-state index is -0.583. The second-order valence-electron chi connectivity index (χ2n) is 7.16. The zero-order valence-electron chi connectivity index (χ0n) is 17.1. The number of ether oxygens (including phenoxy) is 1. The molecule has 32 heavy (non-hydrogen) atoms. The molecule has 0 unspecified atom stereocenters. The van der Waals surface area contributed by atoms with Gasteiger partial charge in [0.2, 0.25) is 0 Å². The molecule has 0 aliphatic carbocycles. The van der Waals surface area contributed by atoms with Gasteiger partial charge in [0, 0.05) is 30.0 Å². The van der Waals surface area contributed by atoms with Gasteiger partial charge in [-0.1, -0.05) is 11.6 Å². The van der Waals surface area contributed by atoms with E-state index in [2.05, 4.69) is 15.3 Å². The molecule has 3 aromatic heterocycles. The summed E-state index contributed by atoms with van der Waals surface area (Å²) < 4.78 is 19.8. The molecule has 7 nitrogen and oxygen atoms in total. The topological polar surface area (TPSA) is 84.4 Å². The lowest BCUT2D eigenvalue weighted by Crippen LogP contribution is -2.38. The third kappa shape index (κ3) is 5.08. The van der Waals surface area contributed by atoms with Crippen molar-refractivity contribution in [1.29, 1.82) is 0 Å². The molecule has 0 bridgehead atoms. The van der Waals surface area contributed by atoms with E-state index >= 15 is 0 Å². The van der Waals surface area contributed by atoms with Gasteiger partial charge in [-0.15, -0.1) is 22.7 Å². The molecule has 1 aliphatic heterocycles. The van der Waals surface area contributed by atoms with Gasteiger partial charge in [-0.25, -0.2) is 14.4 Å². The van der Waals surface area contributed by atoms with Crippen molar-refractivity contribution in [3.05, 3.63) is 45.5 Å². The van der Waals surface area contributed by atoms with E-state index in [9.17, 15) is 14.0 Å². The Bertz CT molecular complexity index is 1130. The number of carbonyl (C=O) groups excluding carboxylic acids is 2. The van der Waals surface area contributed by atoms with E-state index in [1.165, 1.54) is 34.9 Å². The first-order valence-corrected chi connectivity index (χ1v) is 12.2. The van der Waals surface area contributed by atoms with Crippen molar-refractivity contribution in [2.45, 2.75) is 19.8 Å². The molecule has 11 heteroatoms. The van der Waals surface area contributed by atoms with Crippen LogP contribution in [-0.4, -0.2) is 41.5 Å². The van der Waals surface area contributed by atoms with Gasteiger partial charge in [0.1, 0.15) is 0 Å². The monoisotopic (exact) mass is 494 g/mol. The number of thiophene rings is 1. The highest BCUT2D eigenvalue weighted by Gasteiger charge is 2.28. The summed E-state index contributed by atoms with van der Waals surface area (Å²) in [6, 6.07) is 2.98. The van der Waals surface area contributed by atoms with Crippen LogP contribution in [0.5, 0.6) is 0 Å². The van der Waals surface area contributed by atoms with Gasteiger partial charge < -0.3 is 9.64 Å². The van der Waals surface area contributed by atoms with E-state index in [1.807, 2.05) is 10.8 Å². The van der Waals surface area contributed by atoms with Crippen LogP contribution in [0.3, 0.4) is 0 Å². The van der Waals surface area contributed by atoms with Gasteiger partial charge in [0.25, 0.3) is 5.91 Å². The van der Waals surface area contributed by atoms with Gasteiger partial charge in [-0.2, -0.15) is 0 Å². The second-order valence-corrected chi connectivity index (χ2v) is 9.37. The predicted molar refractivity (Wildman–Crippen MR) is 124 cm³/mol. The number of rotatable bonds is 6. The Morgan fingerprint density at radius 2 is 2.06 bits per heavy atom. The van der Waals surface area contributed by atoms with Crippen LogP contribution in [0, 0.1) is 11.7 Å². The standard InChI is InChI=1S/C21H20ClFN4O3S2/c1-2-30-20(29)12-3-5-27(6-4-12)18-15(23)7-13(9-24-18)19(28)26-21-25-16(11-32-21)17-8-14(22)10-31-17/h7-12H,2-6H2,1H3,(H,25,26,28). The predicted octanol–water partition coefficient (Wildman–Crippen LogP) is 5.09. The number of nitrogens with zero attached hydrogens (tertiary/aromatic N) is 3. The number of piperidine rings is 1. The zero-order valence-corrected chi connectivity index (χ0v) is 19.5. The molecule has 0 spiro atoms. The van der Waals surface area contributed by atoms with Crippen LogP contribution < -0.4 is 10.2 Å². The van der Waals surface area contributed by atoms with Crippen LogP contribution in [0.1, 0.15) is 30.1 Å². The first kappa shape index (κ1) is 22.6. The van der Waals surface area contributed by atoms with E-state index in [0.717, 1.165) is 4.88 Å². The molecule has 1 amide bonds. The number of thiazole rings is 1. The van der Waals surface area contributed by atoms with E-state index in [4.69, 9.17) is 16.3 Å². The van der Waals surface area contributed by atoms with Crippen LogP contribution in [0.15, 0.2) is 29.1 Å². The third-order valence-electron chi connectivity index (χ3n) is 5.04. The summed E-state index contributed by atoms with van der Waals surface area (Å²) in [6.07, 6.45) is 2.49. The summed E-state index contributed by atoms with van der Waals surface area (Å²) in [5.74, 6) is -1.28. The Morgan fingerprint density at radius 1 is 1.28 bits per heavy atom. The molecule has 3 aromatic rings. The van der Waals surface area contributed by atoms with Crippen molar-refractivity contribution >= 4 is 57.1 Å². The van der Waals surface area contributed by atoms with Gasteiger partial charge in [0.15, 0.2) is 16.8 Å². The highest BCUT2D eigenvalue weighted by atomic mass is 35.5. The number of anilines is 2. The lowest BCUT2D eigenvalue weighted by Gasteiger charge is -2.31. The number of aromatic nitrogens is 2. The number of nitrogens with one attached hydrogen (secondary N) is 1. The van der Waals surface area contributed by atoms with Crippen LogP contribution in [-0.2, 0) is 9.53 Å². The first-order valence-electron chi connectivity index (χ1n) is 10.0. The van der Waals surface area contributed by atoms with Crippen molar-refractivity contribution in [2.75, 3.05) is 29.9 Å². The summed E-state index contributed by atoms with van der Waals surface area (Å²) in [4.78, 5) is 35.7. The summed E-state index contributed by atoms with van der Waals surface area (Å²) in [5, 5.41) is 7.35. The van der Waals surface area contributed by atoms with Crippen molar-refractivity contribution in [1.82, 2.24) is 9.97 Å². The van der Waals surface area contributed by atoms with Crippen LogP contribution in [0.4, 0.5) is 15.3 Å². The quantitative estimate of drug-likeness (QED) is 0.480. The molecule has 0 saturated carbocycles. The second kappa shape index (κ2) is 9.93. The molecule has 4 heterocycles. The maximum atomic E-state index is 14.7. The normalized spacial score (nSPS) is 14.4. The lowest BCUT2D eigenvalue weighted by atomic mass is 9.97. The summed E-state index contributed by atoms with van der Waals surface area (Å²) in [6.45, 7) is 3.11. The fraction of sp³-hybridized carbons (Fsp3) is 0.333. The van der Waals surface area contributed by atoms with Crippen LogP contribution in [0.25, 0.3) is 10.6 Å². The maximum absolute atomic E-state index is 14.7. The van der Waals surface area contributed by atoms with Gasteiger partial charge in [0.05, 0.1) is 33.7 Å². The van der Waals surface area contributed by atoms with E-state index in [-0.39, 0.29) is 23.3 Å². The SMILES string of the molecule is CCOC(=O)C1CCN(c2ncc(C(=O)Nc3nc(-c4cc(Cl)cs4)cs3)cc2F)CC1. The molecule has 0 aromatic carbocycles. The number of esters is 1. The van der Waals surface area contributed by atoms with Gasteiger partial charge in [-0.3, -0.25) is 14.9 Å². The lowest BCUT2D eigenvalue weighted by molar-refractivity contribution is -0.148.